The number of hydrogen-bond acceptors (Lipinski definition) is 5. The molecular weight excluding hydrogens is 380 g/mol. The van der Waals surface area contributed by atoms with Gasteiger partial charge in [-0.25, -0.2) is 26.3 Å². The summed E-state index contributed by atoms with van der Waals surface area (Å²) in [6.45, 7) is 0.212. The van der Waals surface area contributed by atoms with Crippen molar-refractivity contribution in [1.82, 2.24) is 9.44 Å². The lowest BCUT2D eigenvalue weighted by Gasteiger charge is -2.13. The molecular formula is C16H20N2O4S3. The van der Waals surface area contributed by atoms with Crippen molar-refractivity contribution < 1.29 is 16.8 Å². The first-order chi connectivity index (χ1) is 11.9. The van der Waals surface area contributed by atoms with Crippen LogP contribution in [0.5, 0.6) is 0 Å². The molecule has 1 aromatic carbocycles. The summed E-state index contributed by atoms with van der Waals surface area (Å²) in [6, 6.07) is 8.97. The molecule has 0 atom stereocenters. The molecule has 3 rings (SSSR count). The number of rotatable bonds is 7. The molecule has 1 saturated carbocycles. The maximum absolute atomic E-state index is 12.4. The van der Waals surface area contributed by atoms with E-state index in [-0.39, 0.29) is 22.4 Å². The highest BCUT2D eigenvalue weighted by Crippen LogP contribution is 2.21. The van der Waals surface area contributed by atoms with Gasteiger partial charge in [0.1, 0.15) is 0 Å². The highest BCUT2D eigenvalue weighted by atomic mass is 32.2. The van der Waals surface area contributed by atoms with Crippen LogP contribution in [0.4, 0.5) is 0 Å². The van der Waals surface area contributed by atoms with Crippen molar-refractivity contribution in [1.29, 1.82) is 0 Å². The number of thiophene rings is 1. The predicted molar refractivity (Wildman–Crippen MR) is 97.4 cm³/mol. The summed E-state index contributed by atoms with van der Waals surface area (Å²) in [5.41, 5.74) is 0. The second-order valence-electron chi connectivity index (χ2n) is 5.98. The summed E-state index contributed by atoms with van der Waals surface area (Å²) in [5.74, 6) is 0. The minimum atomic E-state index is -3.68. The standard InChI is InChI=1S/C16H20N2O4S3/c19-24(20,17-12-14-6-3-11-23-14)15-7-9-16(10-8-15)25(21,22)18-13-4-1-2-5-13/h3,6-11,13,17-18H,1-2,4-5,12H2. The Morgan fingerprint density at radius 3 is 2.08 bits per heavy atom. The number of nitrogens with one attached hydrogen (secondary N) is 2. The average molecular weight is 401 g/mol. The van der Waals surface area contributed by atoms with Crippen LogP contribution in [-0.2, 0) is 26.6 Å². The molecule has 1 heterocycles. The smallest absolute Gasteiger partial charge is 0.208 e. The predicted octanol–water partition coefficient (Wildman–Crippen LogP) is 2.45. The first-order valence-corrected chi connectivity index (χ1v) is 11.9. The maximum Gasteiger partial charge on any atom is 0.240 e. The SMILES string of the molecule is O=S(=O)(NCc1cccs1)c1ccc(S(=O)(=O)NC2CCCC2)cc1. The van der Waals surface area contributed by atoms with E-state index in [4.69, 9.17) is 0 Å². The van der Waals surface area contributed by atoms with Crippen molar-refractivity contribution in [2.45, 2.75) is 48.1 Å². The molecule has 0 amide bonds. The summed E-state index contributed by atoms with van der Waals surface area (Å²) < 4.78 is 54.5. The van der Waals surface area contributed by atoms with Crippen LogP contribution in [0.25, 0.3) is 0 Å². The minimum absolute atomic E-state index is 0.0270. The lowest BCUT2D eigenvalue weighted by molar-refractivity contribution is 0.551. The van der Waals surface area contributed by atoms with Gasteiger partial charge in [0, 0.05) is 17.5 Å². The Morgan fingerprint density at radius 1 is 0.920 bits per heavy atom. The van der Waals surface area contributed by atoms with Crippen molar-refractivity contribution in [2.75, 3.05) is 0 Å². The Hall–Kier alpha value is -1.26. The van der Waals surface area contributed by atoms with Gasteiger partial charge in [-0.15, -0.1) is 11.3 Å². The third kappa shape index (κ3) is 4.68. The van der Waals surface area contributed by atoms with Crippen LogP contribution in [-0.4, -0.2) is 22.9 Å². The zero-order valence-corrected chi connectivity index (χ0v) is 16.0. The summed E-state index contributed by atoms with van der Waals surface area (Å²) in [5, 5.41) is 1.88. The molecule has 25 heavy (non-hydrogen) atoms. The van der Waals surface area contributed by atoms with E-state index in [0.717, 1.165) is 30.6 Å². The summed E-state index contributed by atoms with van der Waals surface area (Å²) in [4.78, 5) is 1.03. The molecule has 0 unspecified atom stereocenters. The fourth-order valence-corrected chi connectivity index (χ4v) is 5.84. The van der Waals surface area contributed by atoms with Gasteiger partial charge in [-0.2, -0.15) is 0 Å². The van der Waals surface area contributed by atoms with Gasteiger partial charge in [0.05, 0.1) is 9.79 Å². The molecule has 0 aliphatic heterocycles. The van der Waals surface area contributed by atoms with Gasteiger partial charge in [0.25, 0.3) is 0 Å². The second kappa shape index (κ2) is 7.55. The molecule has 0 spiro atoms. The molecule has 0 radical (unpaired) electrons. The van der Waals surface area contributed by atoms with Crippen LogP contribution in [0, 0.1) is 0 Å². The van der Waals surface area contributed by atoms with E-state index < -0.39 is 20.0 Å². The molecule has 136 valence electrons. The third-order valence-corrected chi connectivity index (χ3v) is 7.97. The number of sulfonamides is 2. The zero-order valence-electron chi connectivity index (χ0n) is 13.5. The van der Waals surface area contributed by atoms with Gasteiger partial charge >= 0.3 is 0 Å². The fourth-order valence-electron chi connectivity index (χ4n) is 2.79. The van der Waals surface area contributed by atoms with Crippen molar-refractivity contribution in [3.05, 3.63) is 46.7 Å². The quantitative estimate of drug-likeness (QED) is 0.747. The van der Waals surface area contributed by atoms with Crippen molar-refractivity contribution >= 4 is 31.4 Å². The molecule has 0 bridgehead atoms. The zero-order chi connectivity index (χ0) is 17.9. The molecule has 0 saturated heterocycles. The van der Waals surface area contributed by atoms with Crippen LogP contribution in [0.2, 0.25) is 0 Å². The average Bonchev–Trinajstić information content (AvgIpc) is 3.26. The van der Waals surface area contributed by atoms with Gasteiger partial charge < -0.3 is 0 Å². The Balaban J connectivity index is 1.70. The molecule has 1 fully saturated rings. The highest BCUT2D eigenvalue weighted by molar-refractivity contribution is 7.90. The van der Waals surface area contributed by atoms with Gasteiger partial charge in [-0.1, -0.05) is 18.9 Å². The Morgan fingerprint density at radius 2 is 1.52 bits per heavy atom. The fraction of sp³-hybridized carbons (Fsp3) is 0.375. The highest BCUT2D eigenvalue weighted by Gasteiger charge is 2.23. The third-order valence-electron chi connectivity index (χ3n) is 4.14. The van der Waals surface area contributed by atoms with E-state index in [9.17, 15) is 16.8 Å². The van der Waals surface area contributed by atoms with Crippen LogP contribution < -0.4 is 9.44 Å². The summed E-state index contributed by atoms with van der Waals surface area (Å²) in [7, 11) is -7.30. The molecule has 2 N–H and O–H groups in total. The second-order valence-corrected chi connectivity index (χ2v) is 10.5. The molecule has 6 nitrogen and oxygen atoms in total. The molecule has 9 heteroatoms. The summed E-state index contributed by atoms with van der Waals surface area (Å²) in [6.07, 6.45) is 3.75. The van der Waals surface area contributed by atoms with Gasteiger partial charge in [-0.05, 0) is 48.6 Å². The van der Waals surface area contributed by atoms with Gasteiger partial charge in [0.2, 0.25) is 20.0 Å². The minimum Gasteiger partial charge on any atom is -0.208 e. The number of hydrogen-bond donors (Lipinski definition) is 2. The van der Waals surface area contributed by atoms with Crippen molar-refractivity contribution in [2.24, 2.45) is 0 Å². The Labute approximate surface area is 152 Å². The summed E-state index contributed by atoms with van der Waals surface area (Å²) >= 11 is 1.47. The molecule has 1 aromatic heterocycles. The topological polar surface area (TPSA) is 92.3 Å². The molecule has 1 aliphatic carbocycles. The van der Waals surface area contributed by atoms with Crippen LogP contribution in [0.1, 0.15) is 30.6 Å². The van der Waals surface area contributed by atoms with E-state index in [1.54, 1.807) is 0 Å². The molecule has 1 aliphatic rings. The monoisotopic (exact) mass is 400 g/mol. The normalized spacial score (nSPS) is 16.3. The van der Waals surface area contributed by atoms with E-state index in [1.165, 1.54) is 35.6 Å². The van der Waals surface area contributed by atoms with Crippen LogP contribution in [0.15, 0.2) is 51.6 Å². The maximum atomic E-state index is 12.4. The molecule has 2 aromatic rings. The Bertz CT molecular complexity index is 899. The van der Waals surface area contributed by atoms with Gasteiger partial charge in [-0.3, -0.25) is 0 Å². The lowest BCUT2D eigenvalue weighted by atomic mass is 10.3. The lowest BCUT2D eigenvalue weighted by Crippen LogP contribution is -2.32. The largest absolute Gasteiger partial charge is 0.240 e. The van der Waals surface area contributed by atoms with Crippen LogP contribution in [0.3, 0.4) is 0 Å². The van der Waals surface area contributed by atoms with Crippen molar-refractivity contribution in [3.63, 3.8) is 0 Å². The van der Waals surface area contributed by atoms with Gasteiger partial charge in [0.15, 0.2) is 0 Å². The van der Waals surface area contributed by atoms with Crippen molar-refractivity contribution in [3.8, 4) is 0 Å². The first-order valence-electron chi connectivity index (χ1n) is 8.01. The van der Waals surface area contributed by atoms with Crippen LogP contribution >= 0.6 is 11.3 Å². The Kier molecular flexibility index (Phi) is 5.59. The first kappa shape index (κ1) is 18.5. The van der Waals surface area contributed by atoms with E-state index >= 15 is 0 Å². The van der Waals surface area contributed by atoms with E-state index in [1.807, 2.05) is 17.5 Å². The number of benzene rings is 1. The van der Waals surface area contributed by atoms with E-state index in [0.29, 0.717) is 0 Å². The van der Waals surface area contributed by atoms with E-state index in [2.05, 4.69) is 9.44 Å².